The minimum atomic E-state index is -0.215. The first-order valence-corrected chi connectivity index (χ1v) is 15.1. The van der Waals surface area contributed by atoms with Crippen LogP contribution in [0.1, 0.15) is 55.6 Å². The normalized spacial score (nSPS) is 21.1. The molecule has 2 N–H and O–H groups in total. The second-order valence-corrected chi connectivity index (χ2v) is 12.7. The molecule has 5 heterocycles. The van der Waals surface area contributed by atoms with Crippen molar-refractivity contribution in [3.05, 3.63) is 47.8 Å². The Kier molecular flexibility index (Phi) is 6.68. The zero-order valence-corrected chi connectivity index (χ0v) is 24.8. The van der Waals surface area contributed by atoms with E-state index >= 15 is 0 Å². The van der Waals surface area contributed by atoms with Crippen molar-refractivity contribution in [2.75, 3.05) is 30.5 Å². The van der Waals surface area contributed by atoms with Crippen LogP contribution in [0.2, 0.25) is 0 Å². The fourth-order valence-electron chi connectivity index (χ4n) is 6.28. The molecular weight excluding hydrogens is 530 g/mol. The zero-order valence-electron chi connectivity index (χ0n) is 24.8. The molecular formula is C32H39N7O3. The number of pyridine rings is 1. The van der Waals surface area contributed by atoms with Crippen LogP contribution in [-0.2, 0) is 18.3 Å². The van der Waals surface area contributed by atoms with Crippen molar-refractivity contribution in [1.82, 2.24) is 24.3 Å². The molecule has 2 bridgehead atoms. The van der Waals surface area contributed by atoms with E-state index in [-0.39, 0.29) is 17.4 Å². The minimum Gasteiger partial charge on any atom is -0.477 e. The van der Waals surface area contributed by atoms with Crippen LogP contribution in [0, 0.1) is 24.2 Å². The summed E-state index contributed by atoms with van der Waals surface area (Å²) in [4.78, 5) is 23.4. The Balaban J connectivity index is 1.27. The van der Waals surface area contributed by atoms with Crippen LogP contribution in [0.3, 0.4) is 0 Å². The van der Waals surface area contributed by atoms with Gasteiger partial charge in [0.2, 0.25) is 11.8 Å². The van der Waals surface area contributed by atoms with Crippen molar-refractivity contribution in [3.63, 3.8) is 0 Å². The molecule has 0 spiro atoms. The van der Waals surface area contributed by atoms with Crippen LogP contribution in [-0.4, -0.2) is 56.1 Å². The number of aryl methyl sites for hydroxylation is 2. The van der Waals surface area contributed by atoms with Gasteiger partial charge in [-0.25, -0.2) is 9.67 Å². The Morgan fingerprint density at radius 1 is 1.12 bits per heavy atom. The van der Waals surface area contributed by atoms with Crippen LogP contribution in [0.15, 0.2) is 36.5 Å². The van der Waals surface area contributed by atoms with Gasteiger partial charge in [0, 0.05) is 42.0 Å². The lowest BCUT2D eigenvalue weighted by molar-refractivity contribution is -0.108. The monoisotopic (exact) mass is 569 g/mol. The highest BCUT2D eigenvalue weighted by atomic mass is 16.5. The van der Waals surface area contributed by atoms with Gasteiger partial charge in [0.05, 0.1) is 48.3 Å². The summed E-state index contributed by atoms with van der Waals surface area (Å²) in [6.45, 7) is 9.27. The number of imidazole rings is 1. The van der Waals surface area contributed by atoms with E-state index in [1.807, 2.05) is 20.0 Å². The van der Waals surface area contributed by atoms with E-state index in [0.29, 0.717) is 41.5 Å². The number of nitrogens with one attached hydrogen (secondary N) is 2. The highest BCUT2D eigenvalue weighted by Gasteiger charge is 2.39. The number of hydrogen-bond donors (Lipinski definition) is 2. The van der Waals surface area contributed by atoms with E-state index in [1.54, 1.807) is 16.9 Å². The first-order chi connectivity index (χ1) is 20.3. The summed E-state index contributed by atoms with van der Waals surface area (Å²) in [5.74, 6) is 2.19. The molecule has 1 aromatic carbocycles. The second kappa shape index (κ2) is 10.4. The average molecular weight is 570 g/mol. The molecule has 2 atom stereocenters. The molecule has 42 heavy (non-hydrogen) atoms. The molecule has 10 nitrogen and oxygen atoms in total. The smallest absolute Gasteiger partial charge is 0.258 e. The lowest BCUT2D eigenvalue weighted by Crippen LogP contribution is -2.50. The fraction of sp³-hybridized carbons (Fsp3) is 0.500. The number of aromatic nitrogens is 5. The van der Waals surface area contributed by atoms with Crippen LogP contribution in [0.5, 0.6) is 5.88 Å². The number of anilines is 2. The summed E-state index contributed by atoms with van der Waals surface area (Å²) in [5, 5.41) is 11.2. The van der Waals surface area contributed by atoms with Gasteiger partial charge in [-0.1, -0.05) is 6.92 Å². The summed E-state index contributed by atoms with van der Waals surface area (Å²) in [7, 11) is 1.87. The van der Waals surface area contributed by atoms with Crippen molar-refractivity contribution in [2.24, 2.45) is 24.3 Å². The standard InChI is InChI=1S/C32H39N7O3/c1-19-12-23-13-26(34-19)25-15-33-38(4)30(25)42-11-5-6-22(21-7-8-21)16-39-28-10-9-24(35-20(2)32(3)17-41-18-32)14-27(28)36-31(39)37-29(23)40/h9-10,12-15,20-22,35H,5-8,11,16-18H2,1-4H3,(H,36,37,40)/t20?,22-/m1/s1. The first-order valence-electron chi connectivity index (χ1n) is 15.1. The van der Waals surface area contributed by atoms with Crippen molar-refractivity contribution in [3.8, 4) is 17.1 Å². The molecule has 220 valence electrons. The van der Waals surface area contributed by atoms with Crippen LogP contribution >= 0.6 is 0 Å². The molecule has 10 heteroatoms. The lowest BCUT2D eigenvalue weighted by atomic mass is 9.81. The Morgan fingerprint density at radius 2 is 1.95 bits per heavy atom. The van der Waals surface area contributed by atoms with Gasteiger partial charge in [-0.2, -0.15) is 5.10 Å². The summed E-state index contributed by atoms with van der Waals surface area (Å²) >= 11 is 0. The van der Waals surface area contributed by atoms with Gasteiger partial charge >= 0.3 is 0 Å². The third kappa shape index (κ3) is 5.02. The average Bonchev–Trinajstić information content (AvgIpc) is 3.65. The third-order valence-electron chi connectivity index (χ3n) is 9.31. The van der Waals surface area contributed by atoms with Gasteiger partial charge in [-0.15, -0.1) is 0 Å². The highest BCUT2D eigenvalue weighted by Crippen LogP contribution is 2.41. The maximum atomic E-state index is 13.7. The molecule has 4 aromatic rings. The largest absolute Gasteiger partial charge is 0.477 e. The molecule has 2 aliphatic heterocycles. The minimum absolute atomic E-state index is 0.120. The Morgan fingerprint density at radius 3 is 2.71 bits per heavy atom. The zero-order chi connectivity index (χ0) is 29.0. The van der Waals surface area contributed by atoms with Gasteiger partial charge < -0.3 is 19.4 Å². The molecule has 0 radical (unpaired) electrons. The van der Waals surface area contributed by atoms with E-state index in [0.717, 1.165) is 60.6 Å². The number of carbonyl (C=O) groups is 1. The maximum absolute atomic E-state index is 13.7. The maximum Gasteiger partial charge on any atom is 0.258 e. The predicted octanol–water partition coefficient (Wildman–Crippen LogP) is 5.43. The number of hydrogen-bond acceptors (Lipinski definition) is 7. The Bertz CT molecular complexity index is 1650. The predicted molar refractivity (Wildman–Crippen MR) is 162 cm³/mol. The summed E-state index contributed by atoms with van der Waals surface area (Å²) < 4.78 is 15.7. The van der Waals surface area contributed by atoms with Crippen molar-refractivity contribution in [1.29, 1.82) is 0 Å². The van der Waals surface area contributed by atoms with E-state index in [9.17, 15) is 4.79 Å². The Labute approximate surface area is 245 Å². The number of carbonyl (C=O) groups excluding carboxylic acids is 1. The van der Waals surface area contributed by atoms with E-state index in [2.05, 4.69) is 52.3 Å². The van der Waals surface area contributed by atoms with Crippen molar-refractivity contribution < 1.29 is 14.3 Å². The summed E-state index contributed by atoms with van der Waals surface area (Å²) in [6, 6.07) is 10.2. The third-order valence-corrected chi connectivity index (χ3v) is 9.31. The molecule has 1 saturated heterocycles. The second-order valence-electron chi connectivity index (χ2n) is 12.7. The molecule has 3 aliphatic rings. The van der Waals surface area contributed by atoms with Gasteiger partial charge in [-0.3, -0.25) is 15.1 Å². The van der Waals surface area contributed by atoms with Crippen LogP contribution in [0.25, 0.3) is 22.3 Å². The summed E-state index contributed by atoms with van der Waals surface area (Å²) in [6.07, 6.45) is 6.22. The van der Waals surface area contributed by atoms with Crippen molar-refractivity contribution in [2.45, 2.75) is 59.0 Å². The molecule has 2 fully saturated rings. The van der Waals surface area contributed by atoms with Crippen LogP contribution in [0.4, 0.5) is 11.6 Å². The highest BCUT2D eigenvalue weighted by molar-refractivity contribution is 6.05. The number of rotatable bonds is 4. The molecule has 1 unspecified atom stereocenters. The summed E-state index contributed by atoms with van der Waals surface area (Å²) in [5.41, 5.74) is 5.74. The van der Waals surface area contributed by atoms with Gasteiger partial charge in [-0.05, 0) is 81.7 Å². The Hall–Kier alpha value is -3.92. The van der Waals surface area contributed by atoms with E-state index < -0.39 is 0 Å². The van der Waals surface area contributed by atoms with E-state index in [1.165, 1.54) is 12.8 Å². The number of fused-ring (bicyclic) bond motifs is 7. The SMILES string of the molecule is Cc1cc2cc(n1)-c1cnn(C)c1OCCC[C@@H](C1CC1)Cn1c(nc3cc(NC(C)C4(C)COC4)ccc31)NC2=O. The van der Waals surface area contributed by atoms with Gasteiger partial charge in [0.15, 0.2) is 0 Å². The molecule has 1 amide bonds. The number of benzene rings is 1. The number of amides is 1. The quantitative estimate of drug-likeness (QED) is 0.338. The molecule has 1 aliphatic carbocycles. The van der Waals surface area contributed by atoms with E-state index in [4.69, 9.17) is 19.4 Å². The fourth-order valence-corrected chi connectivity index (χ4v) is 6.28. The number of ether oxygens (including phenoxy) is 2. The van der Waals surface area contributed by atoms with Crippen LogP contribution < -0.4 is 15.4 Å². The first kappa shape index (κ1) is 26.9. The topological polar surface area (TPSA) is 108 Å². The van der Waals surface area contributed by atoms with Gasteiger partial charge in [0.25, 0.3) is 5.91 Å². The lowest BCUT2D eigenvalue weighted by Gasteiger charge is -2.43. The van der Waals surface area contributed by atoms with Crippen molar-refractivity contribution >= 4 is 28.6 Å². The molecule has 7 rings (SSSR count). The van der Waals surface area contributed by atoms with Gasteiger partial charge in [0.1, 0.15) is 0 Å². The molecule has 3 aromatic heterocycles. The molecule has 1 saturated carbocycles. The number of nitrogens with zero attached hydrogens (tertiary/aromatic N) is 5.